The topological polar surface area (TPSA) is 181 Å². The fourth-order valence-corrected chi connectivity index (χ4v) is 4.73. The Morgan fingerprint density at radius 3 is 2.31 bits per heavy atom. The quantitative estimate of drug-likeness (QED) is 0.363. The van der Waals surface area contributed by atoms with E-state index in [9.17, 15) is 29.5 Å². The Balaban J connectivity index is 1.53. The highest BCUT2D eigenvalue weighted by Gasteiger charge is 2.40. The van der Waals surface area contributed by atoms with E-state index in [0.29, 0.717) is 22.0 Å². The molecule has 0 bridgehead atoms. The van der Waals surface area contributed by atoms with Crippen LogP contribution in [0.15, 0.2) is 48.5 Å². The Morgan fingerprint density at radius 1 is 1.06 bits per heavy atom. The summed E-state index contributed by atoms with van der Waals surface area (Å²) < 4.78 is 21.5. The molecule has 1 aliphatic heterocycles. The van der Waals surface area contributed by atoms with Crippen LogP contribution in [-0.4, -0.2) is 82.7 Å². The van der Waals surface area contributed by atoms with E-state index >= 15 is 0 Å². The van der Waals surface area contributed by atoms with E-state index in [1.165, 1.54) is 30.2 Å². The summed E-state index contributed by atoms with van der Waals surface area (Å²) in [5.74, 6) is -1.17. The van der Waals surface area contributed by atoms with E-state index in [2.05, 4.69) is 10.3 Å². The van der Waals surface area contributed by atoms with Crippen LogP contribution >= 0.6 is 0 Å². The highest BCUT2D eigenvalue weighted by Crippen LogP contribution is 2.27. The molecule has 48 heavy (non-hydrogen) atoms. The van der Waals surface area contributed by atoms with Crippen LogP contribution in [0.2, 0.25) is 0 Å². The molecule has 2 atom stereocenters. The third kappa shape index (κ3) is 8.75. The number of carbonyl (C=O) groups is 4. The lowest BCUT2D eigenvalue weighted by Crippen LogP contribution is -2.55. The lowest BCUT2D eigenvalue weighted by Gasteiger charge is -2.34. The van der Waals surface area contributed by atoms with Gasteiger partial charge in [-0.2, -0.15) is 5.26 Å². The number of anilines is 2. The van der Waals surface area contributed by atoms with E-state index in [1.54, 1.807) is 65.8 Å². The molecule has 3 aromatic rings. The minimum Gasteiger partial charge on any atom is -0.481 e. The van der Waals surface area contributed by atoms with E-state index in [4.69, 9.17) is 18.9 Å². The minimum atomic E-state index is -1.90. The zero-order chi connectivity index (χ0) is 35.4. The molecule has 0 aliphatic carbocycles. The zero-order valence-electron chi connectivity index (χ0n) is 27.9. The number of aliphatic hydroxyl groups excluding tert-OH is 1. The van der Waals surface area contributed by atoms with Gasteiger partial charge in [-0.1, -0.05) is 6.07 Å². The molecule has 254 valence electrons. The van der Waals surface area contributed by atoms with E-state index in [0.717, 1.165) is 5.39 Å². The van der Waals surface area contributed by atoms with Crippen LogP contribution in [0.5, 0.6) is 5.88 Å². The van der Waals surface area contributed by atoms with Crippen molar-refractivity contribution in [1.29, 1.82) is 5.26 Å². The second-order valence-corrected chi connectivity index (χ2v) is 13.0. The summed E-state index contributed by atoms with van der Waals surface area (Å²) in [7, 11) is 1.50. The molecular weight excluding hydrogens is 622 g/mol. The molecule has 0 unspecified atom stereocenters. The number of fused-ring (bicyclic) bond motifs is 1. The van der Waals surface area contributed by atoms with Gasteiger partial charge in [0.2, 0.25) is 5.88 Å². The Kier molecular flexibility index (Phi) is 10.6. The van der Waals surface area contributed by atoms with Crippen molar-refractivity contribution >= 4 is 46.3 Å². The number of carbonyl (C=O) groups excluding carboxylic acids is 4. The number of aromatic nitrogens is 1. The monoisotopic (exact) mass is 661 g/mol. The summed E-state index contributed by atoms with van der Waals surface area (Å²) in [6, 6.07) is 15.0. The second kappa shape index (κ2) is 14.2. The van der Waals surface area contributed by atoms with Crippen molar-refractivity contribution in [1.82, 2.24) is 9.88 Å². The number of hydrogen-bond donors (Lipinski definition) is 2. The number of nitrogens with zero attached hydrogens (tertiary/aromatic N) is 4. The van der Waals surface area contributed by atoms with Crippen molar-refractivity contribution < 1.29 is 43.2 Å². The van der Waals surface area contributed by atoms with Gasteiger partial charge in [0.1, 0.15) is 11.2 Å². The highest BCUT2D eigenvalue weighted by atomic mass is 16.6. The number of nitriles is 1. The molecule has 1 aromatic heterocycles. The molecule has 1 fully saturated rings. The highest BCUT2D eigenvalue weighted by molar-refractivity contribution is 6.04. The van der Waals surface area contributed by atoms with E-state index < -0.39 is 54.0 Å². The Bertz CT molecular complexity index is 1730. The predicted octanol–water partition coefficient (Wildman–Crippen LogP) is 4.52. The van der Waals surface area contributed by atoms with Crippen LogP contribution in [0.25, 0.3) is 10.9 Å². The standard InChI is InChI=1S/C34H39N5O9/c1-33(2,3)47-31(43)39(32(44)48-34(4,5)6)19-22-16-23(11-8-21(22)18-35)36-29(41)27(40)28-30(42)38(14-15-46-28)24-12-9-20-10-13-26(45-7)37-25(20)17-24/h8-13,16-17,27-28,40H,14-15,19H2,1-7H3,(H,36,41)/t27-,28-/m1/s1. The SMILES string of the molecule is COc1ccc2ccc(N3CCO[C@H]([C@@H](O)C(=O)Nc4ccc(C#N)c(CN(C(=O)OC(C)(C)C)C(=O)OC(C)(C)C)c4)C3=O)cc2n1. The molecule has 1 saturated heterocycles. The molecular formula is C34H39N5O9. The number of amides is 4. The molecule has 14 nitrogen and oxygen atoms in total. The maximum Gasteiger partial charge on any atom is 0.420 e. The van der Waals surface area contributed by atoms with Gasteiger partial charge in [-0.25, -0.2) is 19.5 Å². The molecule has 2 N–H and O–H groups in total. The molecule has 4 rings (SSSR count). The van der Waals surface area contributed by atoms with Gasteiger partial charge in [-0.3, -0.25) is 9.59 Å². The maximum absolute atomic E-state index is 13.5. The first-order chi connectivity index (χ1) is 22.5. The third-order valence-electron chi connectivity index (χ3n) is 6.90. The zero-order valence-corrected chi connectivity index (χ0v) is 27.9. The average Bonchev–Trinajstić information content (AvgIpc) is 3.01. The van der Waals surface area contributed by atoms with Crippen molar-refractivity contribution in [3.8, 4) is 11.9 Å². The van der Waals surface area contributed by atoms with Crippen LogP contribution in [-0.2, 0) is 30.3 Å². The Morgan fingerprint density at radius 2 is 1.71 bits per heavy atom. The average molecular weight is 662 g/mol. The first-order valence-corrected chi connectivity index (χ1v) is 15.1. The number of rotatable bonds is 7. The molecule has 2 heterocycles. The molecule has 0 spiro atoms. The van der Waals surface area contributed by atoms with Crippen LogP contribution < -0.4 is 15.0 Å². The molecule has 0 saturated carbocycles. The van der Waals surface area contributed by atoms with Crippen LogP contribution in [0.4, 0.5) is 21.0 Å². The summed E-state index contributed by atoms with van der Waals surface area (Å²) in [5.41, 5.74) is -0.368. The number of methoxy groups -OCH3 is 1. The van der Waals surface area contributed by atoms with Crippen molar-refractivity contribution in [2.45, 2.75) is 71.5 Å². The van der Waals surface area contributed by atoms with Crippen molar-refractivity contribution in [3.05, 3.63) is 59.7 Å². The van der Waals surface area contributed by atoms with Crippen molar-refractivity contribution in [2.24, 2.45) is 0 Å². The van der Waals surface area contributed by atoms with E-state index in [-0.39, 0.29) is 30.0 Å². The van der Waals surface area contributed by atoms with Gasteiger partial charge < -0.3 is 34.3 Å². The van der Waals surface area contributed by atoms with Crippen LogP contribution in [0.1, 0.15) is 52.7 Å². The second-order valence-electron chi connectivity index (χ2n) is 13.0. The van der Waals surface area contributed by atoms with Gasteiger partial charge in [0, 0.05) is 29.4 Å². The smallest absolute Gasteiger partial charge is 0.420 e. The number of aliphatic hydroxyl groups is 1. The van der Waals surface area contributed by atoms with E-state index in [1.807, 2.05) is 12.1 Å². The van der Waals surface area contributed by atoms with Gasteiger partial charge in [0.25, 0.3) is 11.8 Å². The summed E-state index contributed by atoms with van der Waals surface area (Å²) in [6.07, 6.45) is -5.41. The summed E-state index contributed by atoms with van der Waals surface area (Å²) in [5, 5.41) is 24.1. The number of hydrogen-bond acceptors (Lipinski definition) is 11. The lowest BCUT2D eigenvalue weighted by atomic mass is 10.1. The molecule has 4 amide bonds. The van der Waals surface area contributed by atoms with Crippen molar-refractivity contribution in [3.63, 3.8) is 0 Å². The Labute approximate surface area is 278 Å². The number of ether oxygens (including phenoxy) is 4. The third-order valence-corrected chi connectivity index (χ3v) is 6.90. The Hall–Kier alpha value is -5.26. The number of nitrogens with one attached hydrogen (secondary N) is 1. The first-order valence-electron chi connectivity index (χ1n) is 15.1. The first kappa shape index (κ1) is 35.6. The molecule has 1 aliphatic rings. The number of benzene rings is 2. The van der Waals surface area contributed by atoms with Gasteiger partial charge >= 0.3 is 12.2 Å². The largest absolute Gasteiger partial charge is 0.481 e. The van der Waals surface area contributed by atoms with Gasteiger partial charge in [-0.15, -0.1) is 0 Å². The normalized spacial score (nSPS) is 15.7. The predicted molar refractivity (Wildman–Crippen MR) is 174 cm³/mol. The molecule has 14 heteroatoms. The van der Waals surface area contributed by atoms with Gasteiger partial charge in [-0.05, 0) is 83.5 Å². The van der Waals surface area contributed by atoms with Crippen LogP contribution in [0.3, 0.4) is 0 Å². The van der Waals surface area contributed by atoms with Gasteiger partial charge in [0.05, 0.1) is 37.4 Å². The van der Waals surface area contributed by atoms with Gasteiger partial charge in [0.15, 0.2) is 12.2 Å². The summed E-state index contributed by atoms with van der Waals surface area (Å²) >= 11 is 0. The number of imide groups is 1. The lowest BCUT2D eigenvalue weighted by molar-refractivity contribution is -0.150. The fraction of sp³-hybridized carbons (Fsp3) is 0.412. The van der Waals surface area contributed by atoms with Crippen molar-refractivity contribution in [2.75, 3.05) is 30.5 Å². The molecule has 2 aromatic carbocycles. The number of pyridine rings is 1. The number of morpholine rings is 1. The maximum atomic E-state index is 13.5. The van der Waals surface area contributed by atoms with Crippen LogP contribution in [0, 0.1) is 11.3 Å². The minimum absolute atomic E-state index is 0.0521. The summed E-state index contributed by atoms with van der Waals surface area (Å²) in [6.45, 7) is 9.62. The molecule has 0 radical (unpaired) electrons. The fourth-order valence-electron chi connectivity index (χ4n) is 4.73. The summed E-state index contributed by atoms with van der Waals surface area (Å²) in [4.78, 5) is 59.3.